The number of fused-ring (bicyclic) bond motifs is 1. The van der Waals surface area contributed by atoms with E-state index in [1.165, 1.54) is 18.2 Å². The first kappa shape index (κ1) is 20.7. The molecule has 28 heavy (non-hydrogen) atoms. The lowest BCUT2D eigenvalue weighted by Crippen LogP contribution is -2.41. The summed E-state index contributed by atoms with van der Waals surface area (Å²) in [5.41, 5.74) is 2.86. The third-order valence-electron chi connectivity index (χ3n) is 6.15. The molecule has 1 N–H and O–H groups in total. The van der Waals surface area contributed by atoms with Crippen molar-refractivity contribution in [3.8, 4) is 0 Å². The molecule has 4 atom stereocenters. The zero-order chi connectivity index (χ0) is 20.3. The molecule has 0 radical (unpaired) electrons. The van der Waals surface area contributed by atoms with E-state index >= 15 is 0 Å². The summed E-state index contributed by atoms with van der Waals surface area (Å²) >= 11 is 0. The van der Waals surface area contributed by atoms with Crippen molar-refractivity contribution in [3.63, 3.8) is 0 Å². The van der Waals surface area contributed by atoms with Crippen molar-refractivity contribution in [1.29, 1.82) is 0 Å². The van der Waals surface area contributed by atoms with Gasteiger partial charge in [0.1, 0.15) is 0 Å². The number of nitrogens with zero attached hydrogens (tertiary/aromatic N) is 1. The molecule has 2 amide bonds. The zero-order valence-electron chi connectivity index (χ0n) is 17.6. The molecular formula is C23H34N2O3. The summed E-state index contributed by atoms with van der Waals surface area (Å²) in [5.74, 6) is 2.47. The lowest BCUT2D eigenvalue weighted by Gasteiger charge is -2.25. The number of nitrogens with one attached hydrogen (secondary N) is 1. The van der Waals surface area contributed by atoms with Gasteiger partial charge in [0.05, 0.1) is 13.0 Å². The van der Waals surface area contributed by atoms with E-state index in [1.54, 1.807) is 0 Å². The molecule has 2 fully saturated rings. The topological polar surface area (TPSA) is 58.6 Å². The van der Waals surface area contributed by atoms with Gasteiger partial charge in [-0.1, -0.05) is 51.5 Å². The molecule has 154 valence electrons. The van der Waals surface area contributed by atoms with Crippen LogP contribution in [0.1, 0.15) is 50.7 Å². The maximum atomic E-state index is 13.0. The van der Waals surface area contributed by atoms with Crippen LogP contribution < -0.4 is 5.32 Å². The van der Waals surface area contributed by atoms with Crippen LogP contribution >= 0.6 is 0 Å². The Kier molecular flexibility index (Phi) is 6.63. The number of amides is 2. The van der Waals surface area contributed by atoms with Crippen molar-refractivity contribution >= 4 is 12.0 Å². The van der Waals surface area contributed by atoms with Gasteiger partial charge in [0, 0.05) is 19.6 Å². The number of likely N-dealkylation sites (tertiary alicyclic amines) is 1. The highest BCUT2D eigenvalue weighted by molar-refractivity contribution is 5.80. The van der Waals surface area contributed by atoms with E-state index in [0.29, 0.717) is 30.2 Å². The van der Waals surface area contributed by atoms with Gasteiger partial charge in [-0.25, -0.2) is 4.79 Å². The molecule has 1 heterocycles. The van der Waals surface area contributed by atoms with Gasteiger partial charge in [0.25, 0.3) is 0 Å². The quantitative estimate of drug-likeness (QED) is 0.739. The van der Waals surface area contributed by atoms with Crippen LogP contribution in [-0.4, -0.2) is 43.6 Å². The van der Waals surface area contributed by atoms with E-state index in [1.807, 2.05) is 4.90 Å². The van der Waals surface area contributed by atoms with Crippen LogP contribution in [0.5, 0.6) is 0 Å². The largest absolute Gasteiger partial charge is 0.453 e. The van der Waals surface area contributed by atoms with Crippen molar-refractivity contribution in [2.45, 2.75) is 46.0 Å². The number of piperidine rings is 1. The molecule has 5 heteroatoms. The van der Waals surface area contributed by atoms with Crippen LogP contribution in [0.25, 0.3) is 0 Å². The number of carbonyl (C=O) groups is 2. The Hall–Kier alpha value is -2.04. The molecule has 0 unspecified atom stereocenters. The maximum Gasteiger partial charge on any atom is 0.406 e. The summed E-state index contributed by atoms with van der Waals surface area (Å²) in [7, 11) is 1.34. The van der Waals surface area contributed by atoms with Gasteiger partial charge in [0.15, 0.2) is 0 Å². The number of hydrogen-bond acceptors (Lipinski definition) is 3. The fourth-order valence-electron chi connectivity index (χ4n) is 4.80. The van der Waals surface area contributed by atoms with Crippen molar-refractivity contribution in [2.75, 3.05) is 26.7 Å². The summed E-state index contributed by atoms with van der Waals surface area (Å²) < 4.78 is 4.63. The molecule has 1 aliphatic heterocycles. The Bertz CT molecular complexity index is 691. The summed E-state index contributed by atoms with van der Waals surface area (Å²) in [4.78, 5) is 26.3. The predicted octanol–water partition coefficient (Wildman–Crippen LogP) is 3.83. The summed E-state index contributed by atoms with van der Waals surface area (Å²) in [6, 6.07) is 9.02. The standard InChI is InChI=1S/C23H34N2O3/c1-5-7-18(12-24-23(27)28-4)22(26)25-13-19-20(14-25)21(19)17-9-6-8-16(11-17)10-15(2)3/h6,8-9,11,15,18-21H,5,7,10,12-14H2,1-4H3,(H,24,27)/t18-,19-,20+,21+/m1/s1. The molecule has 0 bridgehead atoms. The molecule has 2 aliphatic rings. The van der Waals surface area contributed by atoms with Crippen LogP contribution in [0.4, 0.5) is 4.79 Å². The molecule has 5 nitrogen and oxygen atoms in total. The third kappa shape index (κ3) is 4.68. The molecule has 1 aromatic carbocycles. The minimum atomic E-state index is -0.473. The zero-order valence-corrected chi connectivity index (χ0v) is 17.6. The Morgan fingerprint density at radius 3 is 2.57 bits per heavy atom. The van der Waals surface area contributed by atoms with E-state index in [9.17, 15) is 9.59 Å². The first-order valence-corrected chi connectivity index (χ1v) is 10.6. The monoisotopic (exact) mass is 386 g/mol. The van der Waals surface area contributed by atoms with Crippen LogP contribution in [0.15, 0.2) is 24.3 Å². The van der Waals surface area contributed by atoms with Gasteiger partial charge in [0.2, 0.25) is 5.91 Å². The van der Waals surface area contributed by atoms with Crippen molar-refractivity contribution in [1.82, 2.24) is 10.2 Å². The minimum Gasteiger partial charge on any atom is -0.453 e. The summed E-state index contributed by atoms with van der Waals surface area (Å²) in [6.45, 7) is 8.63. The van der Waals surface area contributed by atoms with Gasteiger partial charge in [-0.05, 0) is 47.6 Å². The maximum absolute atomic E-state index is 13.0. The molecule has 1 aliphatic carbocycles. The van der Waals surface area contributed by atoms with Crippen LogP contribution in [0, 0.1) is 23.7 Å². The number of carbonyl (C=O) groups excluding carboxylic acids is 2. The Morgan fingerprint density at radius 1 is 1.25 bits per heavy atom. The van der Waals surface area contributed by atoms with Gasteiger partial charge < -0.3 is 15.0 Å². The highest BCUT2D eigenvalue weighted by Crippen LogP contribution is 2.58. The molecule has 1 aromatic rings. The third-order valence-corrected chi connectivity index (χ3v) is 6.15. The highest BCUT2D eigenvalue weighted by atomic mass is 16.5. The number of methoxy groups -OCH3 is 1. The first-order chi connectivity index (χ1) is 13.4. The summed E-state index contributed by atoms with van der Waals surface area (Å²) in [5, 5.41) is 2.69. The lowest BCUT2D eigenvalue weighted by molar-refractivity contribution is -0.135. The molecule has 1 saturated carbocycles. The minimum absolute atomic E-state index is 0.158. The van der Waals surface area contributed by atoms with Crippen LogP contribution in [-0.2, 0) is 16.0 Å². The van der Waals surface area contributed by atoms with Crippen molar-refractivity contribution in [2.24, 2.45) is 23.7 Å². The normalized spacial score (nSPS) is 24.0. The van der Waals surface area contributed by atoms with Crippen molar-refractivity contribution < 1.29 is 14.3 Å². The Morgan fingerprint density at radius 2 is 1.96 bits per heavy atom. The van der Waals surface area contributed by atoms with Gasteiger partial charge in [-0.15, -0.1) is 0 Å². The second-order valence-corrected chi connectivity index (χ2v) is 8.80. The van der Waals surface area contributed by atoms with E-state index in [-0.39, 0.29) is 11.8 Å². The molecular weight excluding hydrogens is 352 g/mol. The predicted molar refractivity (Wildman–Crippen MR) is 110 cm³/mol. The lowest BCUT2D eigenvalue weighted by atomic mass is 9.98. The number of ether oxygens (including phenoxy) is 1. The summed E-state index contributed by atoms with van der Waals surface area (Å²) in [6.07, 6.45) is 2.35. The number of rotatable bonds is 8. The smallest absolute Gasteiger partial charge is 0.406 e. The average molecular weight is 387 g/mol. The molecule has 0 aromatic heterocycles. The SMILES string of the molecule is CCC[C@H](CNC(=O)OC)C(=O)N1C[C@@H]2[C@H](C1)[C@H]2c1cccc(CC(C)C)c1. The first-order valence-electron chi connectivity index (χ1n) is 10.6. The van der Waals surface area contributed by atoms with Crippen molar-refractivity contribution in [3.05, 3.63) is 35.4 Å². The van der Waals surface area contributed by atoms with E-state index in [0.717, 1.165) is 32.4 Å². The molecule has 3 rings (SSSR count). The van der Waals surface area contributed by atoms with Gasteiger partial charge >= 0.3 is 6.09 Å². The molecule has 1 saturated heterocycles. The average Bonchev–Trinajstić information content (AvgIpc) is 3.17. The fourth-order valence-corrected chi connectivity index (χ4v) is 4.80. The van der Waals surface area contributed by atoms with E-state index in [2.05, 4.69) is 55.1 Å². The van der Waals surface area contributed by atoms with Gasteiger partial charge in [-0.2, -0.15) is 0 Å². The number of hydrogen-bond donors (Lipinski definition) is 1. The van der Waals surface area contributed by atoms with Crippen LogP contribution in [0.2, 0.25) is 0 Å². The highest BCUT2D eigenvalue weighted by Gasteiger charge is 2.57. The molecule has 0 spiro atoms. The number of benzene rings is 1. The second-order valence-electron chi connectivity index (χ2n) is 8.80. The Labute approximate surface area is 168 Å². The van der Waals surface area contributed by atoms with Crippen LogP contribution in [0.3, 0.4) is 0 Å². The Balaban J connectivity index is 1.56. The second kappa shape index (κ2) is 8.97. The fraction of sp³-hybridized carbons (Fsp3) is 0.652. The van der Waals surface area contributed by atoms with E-state index < -0.39 is 6.09 Å². The number of alkyl carbamates (subject to hydrolysis) is 1. The van der Waals surface area contributed by atoms with E-state index in [4.69, 9.17) is 0 Å². The van der Waals surface area contributed by atoms with Gasteiger partial charge in [-0.3, -0.25) is 4.79 Å².